The topological polar surface area (TPSA) is 66.4 Å². The van der Waals surface area contributed by atoms with E-state index < -0.39 is 5.97 Å². The lowest BCUT2D eigenvalue weighted by Crippen LogP contribution is -2.30. The number of carboxylic acid groups (broad SMARTS) is 1. The zero-order chi connectivity index (χ0) is 18.4. The van der Waals surface area contributed by atoms with Gasteiger partial charge in [-0.1, -0.05) is 69.3 Å². The van der Waals surface area contributed by atoms with Gasteiger partial charge in [-0.05, 0) is 28.2 Å². The molecule has 1 atom stereocenters. The lowest BCUT2D eigenvalue weighted by molar-refractivity contribution is -0.136. The molecule has 1 unspecified atom stereocenters. The molecule has 25 heavy (non-hydrogen) atoms. The van der Waals surface area contributed by atoms with Crippen molar-refractivity contribution in [2.24, 2.45) is 5.92 Å². The second-order valence-electron chi connectivity index (χ2n) is 6.69. The molecule has 0 aliphatic rings. The Morgan fingerprint density at radius 2 is 1.44 bits per heavy atom. The van der Waals surface area contributed by atoms with Gasteiger partial charge in [-0.3, -0.25) is 9.59 Å². The van der Waals surface area contributed by atoms with Crippen LogP contribution in [0.3, 0.4) is 0 Å². The highest BCUT2D eigenvalue weighted by atomic mass is 16.4. The zero-order valence-corrected chi connectivity index (χ0v) is 15.0. The molecule has 0 saturated carbocycles. The molecule has 0 aromatic heterocycles. The summed E-state index contributed by atoms with van der Waals surface area (Å²) in [6.07, 6.45) is 0.0405. The first-order valence-corrected chi connectivity index (χ1v) is 8.55. The number of hydrogen-bond donors (Lipinski definition) is 2. The van der Waals surface area contributed by atoms with Crippen LogP contribution in [-0.2, 0) is 16.0 Å². The maximum Gasteiger partial charge on any atom is 0.307 e. The molecule has 0 saturated heterocycles. The van der Waals surface area contributed by atoms with Crippen molar-refractivity contribution in [2.75, 3.05) is 6.54 Å². The Bertz CT molecular complexity index is 718. The number of benzene rings is 2. The van der Waals surface area contributed by atoms with E-state index in [0.29, 0.717) is 6.54 Å². The van der Waals surface area contributed by atoms with Crippen LogP contribution in [0.15, 0.2) is 48.5 Å². The molecule has 4 nitrogen and oxygen atoms in total. The summed E-state index contributed by atoms with van der Waals surface area (Å²) in [6, 6.07) is 15.9. The van der Waals surface area contributed by atoms with E-state index in [4.69, 9.17) is 5.11 Å². The molecule has 2 rings (SSSR count). The predicted octanol–water partition coefficient (Wildman–Crippen LogP) is 3.86. The highest BCUT2D eigenvalue weighted by Crippen LogP contribution is 2.23. The van der Waals surface area contributed by atoms with Crippen molar-refractivity contribution in [3.8, 4) is 11.1 Å². The fourth-order valence-corrected chi connectivity index (χ4v) is 2.57. The Hall–Kier alpha value is -2.62. The number of nitrogens with one attached hydrogen (secondary N) is 1. The summed E-state index contributed by atoms with van der Waals surface area (Å²) in [6.45, 7) is 6.49. The van der Waals surface area contributed by atoms with Crippen molar-refractivity contribution in [2.45, 2.75) is 33.1 Å². The third-order valence-corrected chi connectivity index (χ3v) is 4.23. The fraction of sp³-hybridized carbons (Fsp3) is 0.333. The second-order valence-corrected chi connectivity index (χ2v) is 6.69. The van der Waals surface area contributed by atoms with Crippen LogP contribution in [-0.4, -0.2) is 23.5 Å². The molecule has 2 N–H and O–H groups in total. The van der Waals surface area contributed by atoms with E-state index in [-0.39, 0.29) is 24.2 Å². The minimum Gasteiger partial charge on any atom is -0.481 e. The van der Waals surface area contributed by atoms with Gasteiger partial charge in [0.05, 0.1) is 6.42 Å². The average molecular weight is 339 g/mol. The minimum absolute atomic E-state index is 0.00123. The first-order chi connectivity index (χ1) is 11.9. The first kappa shape index (κ1) is 18.7. The standard InChI is InChI=1S/C21H25NO3/c1-14(2)21(25)22-13-15(3)17-8-10-19(11-9-17)18-6-4-16(5-7-18)12-20(23)24/h4-11,14-15H,12-13H2,1-3H3,(H,22,25)(H,23,24). The third kappa shape index (κ3) is 5.45. The maximum absolute atomic E-state index is 11.7. The van der Waals surface area contributed by atoms with Gasteiger partial charge in [-0.2, -0.15) is 0 Å². The number of carbonyl (C=O) groups is 2. The van der Waals surface area contributed by atoms with Crippen LogP contribution in [0, 0.1) is 5.92 Å². The number of hydrogen-bond acceptors (Lipinski definition) is 2. The molecule has 2 aromatic rings. The van der Waals surface area contributed by atoms with Crippen LogP contribution in [0.2, 0.25) is 0 Å². The van der Waals surface area contributed by atoms with Crippen LogP contribution in [0.4, 0.5) is 0 Å². The molecular formula is C21H25NO3. The van der Waals surface area contributed by atoms with Crippen LogP contribution in [0.1, 0.15) is 37.8 Å². The molecule has 0 spiro atoms. The Balaban J connectivity index is 2.01. The lowest BCUT2D eigenvalue weighted by atomic mass is 9.96. The summed E-state index contributed by atoms with van der Waals surface area (Å²) < 4.78 is 0. The summed E-state index contributed by atoms with van der Waals surface area (Å²) in [4.78, 5) is 22.4. The molecule has 0 radical (unpaired) electrons. The van der Waals surface area contributed by atoms with Crippen LogP contribution in [0.25, 0.3) is 11.1 Å². The monoisotopic (exact) mass is 339 g/mol. The van der Waals surface area contributed by atoms with Crippen molar-refractivity contribution in [3.63, 3.8) is 0 Å². The van der Waals surface area contributed by atoms with Gasteiger partial charge in [0.15, 0.2) is 0 Å². The van der Waals surface area contributed by atoms with Gasteiger partial charge in [0, 0.05) is 12.5 Å². The molecule has 0 bridgehead atoms. The summed E-state index contributed by atoms with van der Waals surface area (Å²) in [5.74, 6) is -0.506. The molecule has 0 aliphatic heterocycles. The van der Waals surface area contributed by atoms with Gasteiger partial charge in [0.1, 0.15) is 0 Å². The van der Waals surface area contributed by atoms with E-state index in [1.165, 1.54) is 5.56 Å². The molecular weight excluding hydrogens is 314 g/mol. The molecule has 0 fully saturated rings. The van der Waals surface area contributed by atoms with Gasteiger partial charge < -0.3 is 10.4 Å². The average Bonchev–Trinajstić information content (AvgIpc) is 2.59. The van der Waals surface area contributed by atoms with Crippen LogP contribution in [0.5, 0.6) is 0 Å². The van der Waals surface area contributed by atoms with E-state index >= 15 is 0 Å². The molecule has 2 aromatic carbocycles. The Labute approximate surface area is 148 Å². The van der Waals surface area contributed by atoms with Gasteiger partial charge in [-0.15, -0.1) is 0 Å². The molecule has 0 aliphatic carbocycles. The number of aliphatic carboxylic acids is 1. The van der Waals surface area contributed by atoms with Gasteiger partial charge in [0.2, 0.25) is 5.91 Å². The van der Waals surface area contributed by atoms with E-state index in [1.54, 1.807) is 0 Å². The van der Waals surface area contributed by atoms with Gasteiger partial charge in [0.25, 0.3) is 0 Å². The summed E-state index contributed by atoms with van der Waals surface area (Å²) in [7, 11) is 0. The number of rotatable bonds is 7. The fourth-order valence-electron chi connectivity index (χ4n) is 2.57. The van der Waals surface area contributed by atoms with Crippen molar-refractivity contribution < 1.29 is 14.7 Å². The van der Waals surface area contributed by atoms with E-state index in [0.717, 1.165) is 16.7 Å². The molecule has 132 valence electrons. The van der Waals surface area contributed by atoms with Gasteiger partial charge >= 0.3 is 5.97 Å². The highest BCUT2D eigenvalue weighted by molar-refractivity contribution is 5.77. The number of carbonyl (C=O) groups excluding carboxylic acids is 1. The van der Waals surface area contributed by atoms with Crippen molar-refractivity contribution in [1.29, 1.82) is 0 Å². The second kappa shape index (κ2) is 8.47. The van der Waals surface area contributed by atoms with E-state index in [1.807, 2.05) is 38.1 Å². The summed E-state index contributed by atoms with van der Waals surface area (Å²) in [5.41, 5.74) is 4.11. The lowest BCUT2D eigenvalue weighted by Gasteiger charge is -2.15. The van der Waals surface area contributed by atoms with Crippen molar-refractivity contribution in [3.05, 3.63) is 59.7 Å². The quantitative estimate of drug-likeness (QED) is 0.805. The number of amides is 1. The van der Waals surface area contributed by atoms with Crippen LogP contribution < -0.4 is 5.32 Å². The maximum atomic E-state index is 11.7. The van der Waals surface area contributed by atoms with Crippen LogP contribution >= 0.6 is 0 Å². The molecule has 1 amide bonds. The highest BCUT2D eigenvalue weighted by Gasteiger charge is 2.10. The van der Waals surface area contributed by atoms with Crippen molar-refractivity contribution >= 4 is 11.9 Å². The van der Waals surface area contributed by atoms with Crippen molar-refractivity contribution in [1.82, 2.24) is 5.32 Å². The summed E-state index contributed by atoms with van der Waals surface area (Å²) >= 11 is 0. The minimum atomic E-state index is -0.823. The summed E-state index contributed by atoms with van der Waals surface area (Å²) in [5, 5.41) is 11.8. The normalized spacial score (nSPS) is 12.0. The Kier molecular flexibility index (Phi) is 6.34. The molecule has 4 heteroatoms. The zero-order valence-electron chi connectivity index (χ0n) is 15.0. The predicted molar refractivity (Wildman–Crippen MR) is 99.5 cm³/mol. The Morgan fingerprint density at radius 3 is 1.92 bits per heavy atom. The SMILES string of the molecule is CC(C)C(=O)NCC(C)c1ccc(-c2ccc(CC(=O)O)cc2)cc1. The Morgan fingerprint density at radius 1 is 0.920 bits per heavy atom. The smallest absolute Gasteiger partial charge is 0.307 e. The molecule has 0 heterocycles. The van der Waals surface area contributed by atoms with Gasteiger partial charge in [-0.25, -0.2) is 0 Å². The third-order valence-electron chi connectivity index (χ3n) is 4.23. The number of carboxylic acids is 1. The first-order valence-electron chi connectivity index (χ1n) is 8.55. The van der Waals surface area contributed by atoms with E-state index in [9.17, 15) is 9.59 Å². The van der Waals surface area contributed by atoms with E-state index in [2.05, 4.69) is 36.5 Å². The largest absolute Gasteiger partial charge is 0.481 e.